The molecular weight excluding hydrogens is 521 g/mol. The number of carboxylic acids is 1. The average Bonchev–Trinajstić information content (AvgIpc) is 3.59. The van der Waals surface area contributed by atoms with Crippen LogP contribution in [0.3, 0.4) is 0 Å². The Morgan fingerprint density at radius 2 is 1.84 bits per heavy atom. The molecule has 1 unspecified atom stereocenters. The van der Waals surface area contributed by atoms with Gasteiger partial charge in [-0.25, -0.2) is 18.6 Å². The monoisotopic (exact) mass is 548 g/mol. The van der Waals surface area contributed by atoms with E-state index in [1.807, 2.05) is 11.9 Å². The van der Waals surface area contributed by atoms with Crippen LogP contribution in [0.25, 0.3) is 5.70 Å². The van der Waals surface area contributed by atoms with Gasteiger partial charge >= 0.3 is 5.97 Å². The number of nitrogens with one attached hydrogen (secondary N) is 1. The summed E-state index contributed by atoms with van der Waals surface area (Å²) in [5.41, 5.74) is 1.92. The summed E-state index contributed by atoms with van der Waals surface area (Å²) in [7, 11) is 1.86. The minimum absolute atomic E-state index is 0.0128. The van der Waals surface area contributed by atoms with Gasteiger partial charge in [-0.1, -0.05) is 29.8 Å². The van der Waals surface area contributed by atoms with Crippen molar-refractivity contribution in [3.05, 3.63) is 63.6 Å². The zero-order chi connectivity index (χ0) is 26.7. The van der Waals surface area contributed by atoms with Gasteiger partial charge in [0.2, 0.25) is 5.96 Å². The number of carboxylic acid groups (broad SMARTS) is 1. The minimum Gasteiger partial charge on any atom is -0.478 e. The van der Waals surface area contributed by atoms with E-state index in [9.17, 15) is 9.90 Å². The molecule has 6 nitrogen and oxygen atoms in total. The van der Waals surface area contributed by atoms with Crippen molar-refractivity contribution in [3.8, 4) is 0 Å². The van der Waals surface area contributed by atoms with Crippen LogP contribution in [0.4, 0.5) is 20.2 Å². The number of anilines is 1. The lowest BCUT2D eigenvalue weighted by atomic mass is 9.93. The normalized spacial score (nSPS) is 19.4. The Labute approximate surface area is 224 Å². The number of aromatic carboxylic acids is 1. The molecule has 2 aliphatic heterocycles. The molecule has 0 radical (unpaired) electrons. The van der Waals surface area contributed by atoms with Crippen LogP contribution in [0, 0.1) is 5.41 Å². The molecular formula is C27H28Cl2F2N4O2. The van der Waals surface area contributed by atoms with E-state index in [0.29, 0.717) is 28.3 Å². The second-order valence-corrected chi connectivity index (χ2v) is 11.2. The van der Waals surface area contributed by atoms with Crippen LogP contribution in [0.2, 0.25) is 10.0 Å². The SMILES string of the molecule is C=C1c2cc(Cl)cc(C(Nc3ccc(Cl)cc3C(=O)O)C(C)(F)F)c2N=C(N2CCC3(CC2)CC3)N1C. The van der Waals surface area contributed by atoms with Crippen molar-refractivity contribution >= 4 is 52.2 Å². The highest BCUT2D eigenvalue weighted by atomic mass is 35.5. The molecule has 2 heterocycles. The van der Waals surface area contributed by atoms with Crippen molar-refractivity contribution in [1.29, 1.82) is 0 Å². The van der Waals surface area contributed by atoms with E-state index in [2.05, 4.69) is 16.8 Å². The van der Waals surface area contributed by atoms with Crippen molar-refractivity contribution < 1.29 is 18.7 Å². The van der Waals surface area contributed by atoms with Gasteiger partial charge in [0.05, 0.1) is 11.3 Å². The molecule has 1 aliphatic carbocycles. The third-order valence-corrected chi connectivity index (χ3v) is 8.18. The molecule has 1 saturated heterocycles. The number of fused-ring (bicyclic) bond motifs is 1. The van der Waals surface area contributed by atoms with Crippen molar-refractivity contribution in [1.82, 2.24) is 9.80 Å². The second-order valence-electron chi connectivity index (χ2n) is 10.3. The van der Waals surface area contributed by atoms with Gasteiger partial charge in [0.15, 0.2) is 0 Å². The first-order valence-electron chi connectivity index (χ1n) is 12.2. The van der Waals surface area contributed by atoms with Crippen molar-refractivity contribution in [2.75, 3.05) is 25.5 Å². The Hall–Kier alpha value is -2.84. The topological polar surface area (TPSA) is 68.2 Å². The summed E-state index contributed by atoms with van der Waals surface area (Å²) in [5, 5.41) is 12.8. The number of aliphatic imine (C=N–C) groups is 1. The van der Waals surface area contributed by atoms with E-state index in [1.54, 1.807) is 6.07 Å². The molecule has 1 saturated carbocycles. The minimum atomic E-state index is -3.31. The van der Waals surface area contributed by atoms with Crippen LogP contribution in [0.5, 0.6) is 0 Å². The molecule has 37 heavy (non-hydrogen) atoms. The lowest BCUT2D eigenvalue weighted by Gasteiger charge is -2.41. The number of likely N-dealkylation sites (tertiary alicyclic amines) is 1. The van der Waals surface area contributed by atoms with Gasteiger partial charge in [-0.05, 0) is 61.4 Å². The van der Waals surface area contributed by atoms with Gasteiger partial charge in [-0.15, -0.1) is 0 Å². The highest BCUT2D eigenvalue weighted by Crippen LogP contribution is 2.54. The van der Waals surface area contributed by atoms with Gasteiger partial charge in [-0.3, -0.25) is 0 Å². The molecule has 0 aromatic heterocycles. The van der Waals surface area contributed by atoms with Crippen LogP contribution in [0.1, 0.15) is 60.1 Å². The van der Waals surface area contributed by atoms with Crippen LogP contribution < -0.4 is 5.32 Å². The van der Waals surface area contributed by atoms with Gasteiger partial charge in [0.1, 0.15) is 6.04 Å². The summed E-state index contributed by atoms with van der Waals surface area (Å²) < 4.78 is 30.4. The molecule has 1 atom stereocenters. The predicted octanol–water partition coefficient (Wildman–Crippen LogP) is 7.28. The standard InChI is InChI=1S/C27H28Cl2F2N4O2/c1-15-18-13-17(29)14-20(22(18)33-25(34(15)3)35-10-8-27(6-7-27)9-11-35)23(26(2,30)31)32-21-5-4-16(28)12-19(21)24(36)37/h4-5,12-14,23,32H,1,6-11H2,2-3H3,(H,36,37). The molecule has 3 aliphatic rings. The number of halogens is 4. The van der Waals surface area contributed by atoms with Gasteiger partial charge < -0.3 is 20.2 Å². The number of benzene rings is 2. The lowest BCUT2D eigenvalue weighted by molar-refractivity contribution is 0.000819. The number of rotatable bonds is 5. The zero-order valence-corrected chi connectivity index (χ0v) is 22.1. The molecule has 2 aromatic carbocycles. The van der Waals surface area contributed by atoms with Crippen molar-refractivity contribution in [3.63, 3.8) is 0 Å². The van der Waals surface area contributed by atoms with E-state index < -0.39 is 17.9 Å². The van der Waals surface area contributed by atoms with E-state index in [-0.39, 0.29) is 26.9 Å². The predicted molar refractivity (Wildman–Crippen MR) is 143 cm³/mol. The first kappa shape index (κ1) is 25.8. The van der Waals surface area contributed by atoms with E-state index in [4.69, 9.17) is 28.2 Å². The van der Waals surface area contributed by atoms with Gasteiger partial charge in [0, 0.05) is 59.6 Å². The summed E-state index contributed by atoms with van der Waals surface area (Å²) in [4.78, 5) is 20.8. The first-order chi connectivity index (χ1) is 17.4. The number of nitrogens with zero attached hydrogens (tertiary/aromatic N) is 3. The summed E-state index contributed by atoms with van der Waals surface area (Å²) >= 11 is 12.4. The third kappa shape index (κ3) is 4.89. The fourth-order valence-electron chi connectivity index (χ4n) is 5.25. The zero-order valence-electron chi connectivity index (χ0n) is 20.6. The number of hydrogen-bond donors (Lipinski definition) is 2. The Kier molecular flexibility index (Phi) is 6.39. The van der Waals surface area contributed by atoms with Gasteiger partial charge in [0.25, 0.3) is 5.92 Å². The fourth-order valence-corrected chi connectivity index (χ4v) is 5.65. The summed E-state index contributed by atoms with van der Waals surface area (Å²) in [5.74, 6) is -3.94. The Morgan fingerprint density at radius 1 is 1.16 bits per heavy atom. The highest BCUT2D eigenvalue weighted by molar-refractivity contribution is 6.31. The molecule has 2 aromatic rings. The number of alkyl halides is 2. The highest BCUT2D eigenvalue weighted by Gasteiger charge is 2.46. The fraction of sp³-hybridized carbons (Fsp3) is 0.407. The quantitative estimate of drug-likeness (QED) is 0.410. The molecule has 0 amide bonds. The first-order valence-corrected chi connectivity index (χ1v) is 12.9. The molecule has 10 heteroatoms. The molecule has 5 rings (SSSR count). The number of hydrogen-bond acceptors (Lipinski definition) is 5. The second kappa shape index (κ2) is 9.17. The Morgan fingerprint density at radius 3 is 2.43 bits per heavy atom. The van der Waals surface area contributed by atoms with E-state index >= 15 is 8.78 Å². The molecule has 2 N–H and O–H groups in total. The smallest absolute Gasteiger partial charge is 0.337 e. The summed E-state index contributed by atoms with van der Waals surface area (Å²) in [6.45, 7) is 6.68. The molecule has 196 valence electrons. The van der Waals surface area contributed by atoms with Crippen molar-refractivity contribution in [2.24, 2.45) is 10.4 Å². The maximum Gasteiger partial charge on any atom is 0.337 e. The van der Waals surface area contributed by atoms with E-state index in [0.717, 1.165) is 32.9 Å². The lowest BCUT2D eigenvalue weighted by Crippen LogP contribution is -2.47. The van der Waals surface area contributed by atoms with Crippen LogP contribution in [0.15, 0.2) is 41.9 Å². The summed E-state index contributed by atoms with van der Waals surface area (Å²) in [6, 6.07) is 5.55. The van der Waals surface area contributed by atoms with E-state index in [1.165, 1.54) is 37.1 Å². The average molecular weight is 549 g/mol. The summed E-state index contributed by atoms with van der Waals surface area (Å²) in [6.07, 6.45) is 4.70. The van der Waals surface area contributed by atoms with Crippen LogP contribution >= 0.6 is 23.2 Å². The third-order valence-electron chi connectivity index (χ3n) is 7.73. The maximum atomic E-state index is 15.2. The number of piperidine rings is 1. The number of guanidine groups is 1. The van der Waals surface area contributed by atoms with Crippen LogP contribution in [-0.2, 0) is 0 Å². The Balaban J connectivity index is 1.60. The largest absolute Gasteiger partial charge is 0.478 e. The van der Waals surface area contributed by atoms with Crippen molar-refractivity contribution in [2.45, 2.75) is 44.6 Å². The molecule has 1 spiro atoms. The van der Waals surface area contributed by atoms with Crippen LogP contribution in [-0.4, -0.2) is 52.9 Å². The van der Waals surface area contributed by atoms with Gasteiger partial charge in [-0.2, -0.15) is 0 Å². The Bertz CT molecular complexity index is 1310. The maximum absolute atomic E-state index is 15.2. The number of carbonyl (C=O) groups is 1. The molecule has 2 fully saturated rings. The molecule has 0 bridgehead atoms.